The second-order valence-corrected chi connectivity index (χ2v) is 5.08. The van der Waals surface area contributed by atoms with Crippen LogP contribution in [0, 0.1) is 5.92 Å². The van der Waals surface area contributed by atoms with Crippen molar-refractivity contribution in [2.24, 2.45) is 11.7 Å². The van der Waals surface area contributed by atoms with Crippen LogP contribution in [0.25, 0.3) is 1.43 Å². The molecule has 0 aromatic heterocycles. The van der Waals surface area contributed by atoms with E-state index in [4.69, 9.17) is 7.16 Å². The van der Waals surface area contributed by atoms with Crippen molar-refractivity contribution in [3.63, 3.8) is 0 Å². The van der Waals surface area contributed by atoms with E-state index in [1.54, 1.807) is 13.8 Å². The van der Waals surface area contributed by atoms with E-state index in [9.17, 15) is 14.4 Å². The summed E-state index contributed by atoms with van der Waals surface area (Å²) < 4.78 is 6.40. The van der Waals surface area contributed by atoms with Crippen molar-refractivity contribution in [1.29, 1.82) is 1.43 Å². The predicted octanol–water partition coefficient (Wildman–Crippen LogP) is -0.546. The summed E-state index contributed by atoms with van der Waals surface area (Å²) in [5, 5.41) is 8.91. The number of nitrogens with one attached hydrogen (secondary N) is 2. The lowest BCUT2D eigenvalue weighted by molar-refractivity contribution is -0.139. The van der Waals surface area contributed by atoms with Gasteiger partial charge in [0.05, 0.1) is 12.5 Å². The van der Waals surface area contributed by atoms with Gasteiger partial charge in [0, 0.05) is 6.04 Å². The summed E-state index contributed by atoms with van der Waals surface area (Å²) in [6, 6.07) is -1.93. The molecule has 0 spiro atoms. The third-order valence-corrected chi connectivity index (χ3v) is 2.40. The fourth-order valence-corrected chi connectivity index (χ4v) is 1.44. The summed E-state index contributed by atoms with van der Waals surface area (Å²) in [7, 11) is 0. The van der Waals surface area contributed by atoms with Gasteiger partial charge in [-0.2, -0.15) is 0 Å². The third-order valence-electron chi connectivity index (χ3n) is 2.40. The highest BCUT2D eigenvalue weighted by Crippen LogP contribution is 2.03. The summed E-state index contributed by atoms with van der Waals surface area (Å²) in [6.07, 6.45) is -0.411. The SMILES string of the molecule is [2H]OC(=O)C[C@H](N)C(=O)N[C@H](C(=O)NC(C)C)C(C)C. The fraction of sp³-hybridized carbons (Fsp3) is 0.750. The molecule has 5 N–H and O–H groups in total. The van der Waals surface area contributed by atoms with Crippen molar-refractivity contribution >= 4 is 17.8 Å². The Bertz CT molecular complexity index is 361. The van der Waals surface area contributed by atoms with Crippen LogP contribution in [0.15, 0.2) is 0 Å². The first-order chi connectivity index (χ1) is 9.18. The standard InChI is InChI=1S/C12H23N3O4/c1-6(2)10(12(19)14-7(3)4)15-11(18)8(13)5-9(16)17/h6-8,10H,5,13H2,1-4H3,(H,14,19)(H,15,18)(H,16,17)/t8-,10-/m0/s1/i/hD. The van der Waals surface area contributed by atoms with E-state index in [0.29, 0.717) is 0 Å². The monoisotopic (exact) mass is 274 g/mol. The van der Waals surface area contributed by atoms with Gasteiger partial charge in [0.15, 0.2) is 0 Å². The van der Waals surface area contributed by atoms with Gasteiger partial charge in [-0.15, -0.1) is 0 Å². The molecule has 0 aromatic rings. The molecule has 0 radical (unpaired) electrons. The Labute approximate surface area is 114 Å². The molecule has 0 unspecified atom stereocenters. The van der Waals surface area contributed by atoms with Crippen LogP contribution in [-0.2, 0) is 14.4 Å². The maximum Gasteiger partial charge on any atom is 0.305 e. The van der Waals surface area contributed by atoms with E-state index in [1.807, 2.05) is 13.8 Å². The Kier molecular flexibility index (Phi) is 6.27. The van der Waals surface area contributed by atoms with Crippen LogP contribution >= 0.6 is 0 Å². The second-order valence-electron chi connectivity index (χ2n) is 5.08. The predicted molar refractivity (Wildman–Crippen MR) is 70.3 cm³/mol. The topological polar surface area (TPSA) is 122 Å². The molecule has 0 aliphatic heterocycles. The number of carboxylic acid groups (broad SMARTS) is 1. The number of carbonyl (C=O) groups is 3. The van der Waals surface area contributed by atoms with Gasteiger partial charge in [-0.25, -0.2) is 0 Å². The summed E-state index contributed by atoms with van der Waals surface area (Å²) in [4.78, 5) is 34.6. The second kappa shape index (κ2) is 7.73. The smallest absolute Gasteiger partial charge is 0.305 e. The van der Waals surface area contributed by atoms with Crippen LogP contribution in [0.5, 0.6) is 0 Å². The van der Waals surface area contributed by atoms with Crippen LogP contribution in [-0.4, -0.2) is 41.0 Å². The normalized spacial score (nSPS) is 14.6. The van der Waals surface area contributed by atoms with Crippen molar-refractivity contribution in [1.82, 2.24) is 10.6 Å². The minimum atomic E-state index is -1.15. The van der Waals surface area contributed by atoms with Gasteiger partial charge < -0.3 is 21.5 Å². The molecule has 110 valence electrons. The van der Waals surface area contributed by atoms with Crippen molar-refractivity contribution in [3.8, 4) is 0 Å². The summed E-state index contributed by atoms with van der Waals surface area (Å²) >= 11 is 0. The number of carboxylic acids is 1. The molecular formula is C12H23N3O4. The van der Waals surface area contributed by atoms with Gasteiger partial charge >= 0.3 is 5.97 Å². The average Bonchev–Trinajstić information content (AvgIpc) is 2.33. The van der Waals surface area contributed by atoms with Crippen molar-refractivity contribution in [2.75, 3.05) is 0 Å². The lowest BCUT2D eigenvalue weighted by Gasteiger charge is -2.24. The first-order valence-electron chi connectivity index (χ1n) is 6.62. The molecule has 0 bridgehead atoms. The zero-order valence-corrected chi connectivity index (χ0v) is 11.7. The average molecular weight is 274 g/mol. The molecule has 0 heterocycles. The minimum absolute atomic E-state index is 0.0485. The molecule has 0 aromatic carbocycles. The first-order valence-corrected chi connectivity index (χ1v) is 6.21. The number of rotatable bonds is 7. The summed E-state index contributed by atoms with van der Waals surface area (Å²) in [6.45, 7) is 7.20. The highest BCUT2D eigenvalue weighted by Gasteiger charge is 2.27. The van der Waals surface area contributed by atoms with E-state index in [0.717, 1.165) is 0 Å². The summed E-state index contributed by atoms with van der Waals surface area (Å²) in [5.74, 6) is -1.97. The van der Waals surface area contributed by atoms with Gasteiger partial charge in [-0.3, -0.25) is 14.4 Å². The van der Waals surface area contributed by atoms with E-state index in [-0.39, 0.29) is 17.9 Å². The van der Waals surface area contributed by atoms with Crippen LogP contribution in [0.2, 0.25) is 0 Å². The Morgan fingerprint density at radius 2 is 1.74 bits per heavy atom. The quantitative estimate of drug-likeness (QED) is 0.496. The van der Waals surface area contributed by atoms with E-state index in [1.165, 1.54) is 0 Å². The van der Waals surface area contributed by atoms with Crippen molar-refractivity contribution in [2.45, 2.75) is 52.2 Å². The lowest BCUT2D eigenvalue weighted by Crippen LogP contribution is -2.55. The van der Waals surface area contributed by atoms with Gasteiger partial charge in [0.1, 0.15) is 6.04 Å². The van der Waals surface area contributed by atoms with E-state index < -0.39 is 30.4 Å². The zero-order chi connectivity index (χ0) is 15.9. The molecule has 0 saturated carbocycles. The Morgan fingerprint density at radius 3 is 2.16 bits per heavy atom. The van der Waals surface area contributed by atoms with Gasteiger partial charge in [-0.1, -0.05) is 13.8 Å². The number of aliphatic carboxylic acids is 1. The molecular weight excluding hydrogens is 250 g/mol. The Hall–Kier alpha value is -1.63. The van der Waals surface area contributed by atoms with Crippen LogP contribution in [0.1, 0.15) is 34.1 Å². The zero-order valence-electron chi connectivity index (χ0n) is 12.7. The van der Waals surface area contributed by atoms with Crippen molar-refractivity contribution < 1.29 is 19.5 Å². The number of amides is 2. The van der Waals surface area contributed by atoms with Crippen LogP contribution in [0.3, 0.4) is 0 Å². The molecule has 0 rings (SSSR count). The summed E-state index contributed by atoms with van der Waals surface area (Å²) in [5.41, 5.74) is 5.52. The molecule has 2 amide bonds. The van der Waals surface area contributed by atoms with Gasteiger partial charge in [0.25, 0.3) is 1.43 Å². The highest BCUT2D eigenvalue weighted by molar-refractivity contribution is 5.91. The number of hydrogen-bond donors (Lipinski definition) is 4. The lowest BCUT2D eigenvalue weighted by atomic mass is 10.0. The largest absolute Gasteiger partial charge is 0.481 e. The van der Waals surface area contributed by atoms with E-state index >= 15 is 0 Å². The maximum atomic E-state index is 11.9. The molecule has 2 atom stereocenters. The molecule has 7 nitrogen and oxygen atoms in total. The molecule has 0 aliphatic rings. The first kappa shape index (κ1) is 15.4. The molecule has 19 heavy (non-hydrogen) atoms. The molecule has 7 heteroatoms. The molecule has 0 aliphatic carbocycles. The highest BCUT2D eigenvalue weighted by atomic mass is 16.4. The molecule has 0 fully saturated rings. The Morgan fingerprint density at radius 1 is 1.16 bits per heavy atom. The number of carbonyl (C=O) groups excluding carboxylic acids is 2. The van der Waals surface area contributed by atoms with Crippen LogP contribution in [0.4, 0.5) is 0 Å². The van der Waals surface area contributed by atoms with Gasteiger partial charge in [0.2, 0.25) is 11.8 Å². The van der Waals surface area contributed by atoms with E-state index in [2.05, 4.69) is 15.7 Å². The third kappa shape index (κ3) is 6.76. The van der Waals surface area contributed by atoms with Gasteiger partial charge in [-0.05, 0) is 19.8 Å². The van der Waals surface area contributed by atoms with Crippen LogP contribution < -0.4 is 16.4 Å². The number of nitrogens with two attached hydrogens (primary N) is 1. The minimum Gasteiger partial charge on any atom is -0.481 e. The van der Waals surface area contributed by atoms with Crippen molar-refractivity contribution in [3.05, 3.63) is 0 Å². The maximum absolute atomic E-state index is 11.9. The Balaban J connectivity index is 4.63. The number of hydrogen-bond acceptors (Lipinski definition) is 5. The molecule has 0 saturated heterocycles. The fourth-order valence-electron chi connectivity index (χ4n) is 1.44.